The van der Waals surface area contributed by atoms with Crippen LogP contribution >= 0.6 is 11.3 Å². The Morgan fingerprint density at radius 1 is 1.10 bits per heavy atom. The summed E-state index contributed by atoms with van der Waals surface area (Å²) in [6.07, 6.45) is 4.40. The minimum Gasteiger partial charge on any atom is -0.482 e. The van der Waals surface area contributed by atoms with Crippen LogP contribution in [0.15, 0.2) is 72.4 Å². The monoisotopic (exact) mass is 419 g/mol. The Morgan fingerprint density at radius 2 is 1.90 bits per heavy atom. The maximum absolute atomic E-state index is 12.2. The number of rotatable bonds is 8. The molecular formula is C23H21N3O3S. The van der Waals surface area contributed by atoms with Gasteiger partial charge in [0.15, 0.2) is 6.61 Å². The van der Waals surface area contributed by atoms with E-state index in [9.17, 15) is 4.79 Å². The molecule has 0 bridgehead atoms. The minimum absolute atomic E-state index is 0.116. The molecule has 0 N–H and O–H groups in total. The second-order valence-electron chi connectivity index (χ2n) is 6.77. The van der Waals surface area contributed by atoms with Crippen LogP contribution in [0.2, 0.25) is 0 Å². The van der Waals surface area contributed by atoms with Gasteiger partial charge >= 0.3 is 5.97 Å². The lowest BCUT2D eigenvalue weighted by Crippen LogP contribution is -2.15. The zero-order valence-corrected chi connectivity index (χ0v) is 17.3. The van der Waals surface area contributed by atoms with Crippen molar-refractivity contribution in [3.05, 3.63) is 89.2 Å². The van der Waals surface area contributed by atoms with E-state index in [0.29, 0.717) is 11.4 Å². The number of aryl methyl sites for hydroxylation is 1. The predicted octanol–water partition coefficient (Wildman–Crippen LogP) is 4.26. The van der Waals surface area contributed by atoms with E-state index in [0.717, 1.165) is 22.6 Å². The fourth-order valence-corrected chi connectivity index (χ4v) is 3.76. The first kappa shape index (κ1) is 19.8. The van der Waals surface area contributed by atoms with E-state index in [-0.39, 0.29) is 13.2 Å². The minimum atomic E-state index is -0.430. The van der Waals surface area contributed by atoms with Crippen molar-refractivity contribution in [2.75, 3.05) is 6.61 Å². The Hall–Kier alpha value is -3.45. The Labute approximate surface area is 178 Å². The van der Waals surface area contributed by atoms with Gasteiger partial charge in [-0.15, -0.1) is 11.3 Å². The molecule has 6 nitrogen and oxygen atoms in total. The number of hydrogen-bond acceptors (Lipinski definition) is 6. The summed E-state index contributed by atoms with van der Waals surface area (Å²) in [6.45, 7) is -0.0317. The fraction of sp³-hybridized carbons (Fsp3) is 0.174. The van der Waals surface area contributed by atoms with Crippen LogP contribution in [0.4, 0.5) is 0 Å². The maximum Gasteiger partial charge on any atom is 0.344 e. The summed E-state index contributed by atoms with van der Waals surface area (Å²) in [6, 6.07) is 17.9. The van der Waals surface area contributed by atoms with Crippen LogP contribution in [0.25, 0.3) is 10.6 Å². The molecule has 0 saturated heterocycles. The lowest BCUT2D eigenvalue weighted by Gasteiger charge is -2.11. The largest absolute Gasteiger partial charge is 0.482 e. The van der Waals surface area contributed by atoms with Crippen LogP contribution in [0.1, 0.15) is 16.8 Å². The van der Waals surface area contributed by atoms with Crippen molar-refractivity contribution in [1.82, 2.24) is 14.8 Å². The Balaban J connectivity index is 1.30. The molecule has 2 aromatic heterocycles. The van der Waals surface area contributed by atoms with Crippen LogP contribution in [0.3, 0.4) is 0 Å². The molecule has 2 heterocycles. The van der Waals surface area contributed by atoms with Crippen LogP contribution in [0.5, 0.6) is 5.75 Å². The number of carbonyl (C=O) groups is 1. The number of carbonyl (C=O) groups excluding carboxylic acids is 1. The Bertz CT molecular complexity index is 1120. The summed E-state index contributed by atoms with van der Waals surface area (Å²) in [5, 5.41) is 6.87. The highest BCUT2D eigenvalue weighted by Gasteiger charge is 2.11. The van der Waals surface area contributed by atoms with Gasteiger partial charge in [-0.05, 0) is 17.2 Å². The summed E-state index contributed by atoms with van der Waals surface area (Å²) in [5.74, 6) is 0.256. The van der Waals surface area contributed by atoms with Gasteiger partial charge in [-0.25, -0.2) is 9.78 Å². The molecule has 0 aliphatic carbocycles. The van der Waals surface area contributed by atoms with Crippen LogP contribution in [0, 0.1) is 0 Å². The number of aromatic nitrogens is 3. The third-order valence-corrected chi connectivity index (χ3v) is 5.38. The van der Waals surface area contributed by atoms with Gasteiger partial charge in [-0.3, -0.25) is 4.68 Å². The number of nitrogens with zero attached hydrogens (tertiary/aromatic N) is 3. The van der Waals surface area contributed by atoms with Crippen molar-refractivity contribution in [2.45, 2.75) is 13.0 Å². The first-order valence-corrected chi connectivity index (χ1v) is 10.4. The SMILES string of the molecule is Cn1cc(-c2nc(COC(=O)COc3ccccc3Cc3ccccc3)cs2)cn1. The quantitative estimate of drug-likeness (QED) is 0.399. The molecule has 4 aromatic rings. The second kappa shape index (κ2) is 9.37. The third kappa shape index (κ3) is 5.12. The van der Waals surface area contributed by atoms with Crippen LogP contribution < -0.4 is 4.74 Å². The Morgan fingerprint density at radius 3 is 2.70 bits per heavy atom. The van der Waals surface area contributed by atoms with Crippen molar-refractivity contribution in [3.63, 3.8) is 0 Å². The van der Waals surface area contributed by atoms with Gasteiger partial charge < -0.3 is 9.47 Å². The average molecular weight is 420 g/mol. The van der Waals surface area contributed by atoms with Crippen molar-refractivity contribution >= 4 is 17.3 Å². The summed E-state index contributed by atoms with van der Waals surface area (Å²) in [4.78, 5) is 16.6. The van der Waals surface area contributed by atoms with Gasteiger partial charge in [0.25, 0.3) is 0 Å². The topological polar surface area (TPSA) is 66.2 Å². The van der Waals surface area contributed by atoms with E-state index in [2.05, 4.69) is 22.2 Å². The van der Waals surface area contributed by atoms with Gasteiger partial charge in [-0.2, -0.15) is 5.10 Å². The average Bonchev–Trinajstić information content (AvgIpc) is 3.41. The molecule has 0 spiro atoms. The molecule has 0 aliphatic rings. The van der Waals surface area contributed by atoms with E-state index in [1.54, 1.807) is 10.9 Å². The van der Waals surface area contributed by atoms with Gasteiger partial charge in [0, 0.05) is 30.6 Å². The number of benzene rings is 2. The van der Waals surface area contributed by atoms with E-state index in [1.807, 2.05) is 61.1 Å². The molecule has 0 atom stereocenters. The van der Waals surface area contributed by atoms with Gasteiger partial charge in [-0.1, -0.05) is 48.5 Å². The number of ether oxygens (including phenoxy) is 2. The predicted molar refractivity (Wildman–Crippen MR) is 115 cm³/mol. The van der Waals surface area contributed by atoms with Crippen molar-refractivity contribution in [1.29, 1.82) is 0 Å². The standard InChI is InChI=1S/C23H21N3O3S/c1-26-13-19(12-24-26)23-25-20(16-30-23)14-29-22(27)15-28-21-10-6-5-9-18(21)11-17-7-3-2-4-8-17/h2-10,12-13,16H,11,14-15H2,1H3. The number of hydrogen-bond donors (Lipinski definition) is 0. The summed E-state index contributed by atoms with van der Waals surface area (Å²) >= 11 is 1.49. The normalized spacial score (nSPS) is 10.7. The molecule has 7 heteroatoms. The highest BCUT2D eigenvalue weighted by atomic mass is 32.1. The van der Waals surface area contributed by atoms with Gasteiger partial charge in [0.1, 0.15) is 17.4 Å². The van der Waals surface area contributed by atoms with Crippen molar-refractivity contribution in [2.24, 2.45) is 7.05 Å². The highest BCUT2D eigenvalue weighted by molar-refractivity contribution is 7.13. The molecule has 0 aliphatic heterocycles. The molecule has 0 amide bonds. The smallest absolute Gasteiger partial charge is 0.344 e. The second-order valence-corrected chi connectivity index (χ2v) is 7.62. The maximum atomic E-state index is 12.2. The zero-order chi connectivity index (χ0) is 20.8. The van der Waals surface area contributed by atoms with Crippen LogP contribution in [-0.4, -0.2) is 27.3 Å². The third-order valence-electron chi connectivity index (χ3n) is 4.44. The molecule has 0 saturated carbocycles. The van der Waals surface area contributed by atoms with E-state index in [1.165, 1.54) is 16.9 Å². The molecule has 2 aromatic carbocycles. The lowest BCUT2D eigenvalue weighted by molar-refractivity contribution is -0.147. The first-order valence-electron chi connectivity index (χ1n) is 9.51. The fourth-order valence-electron chi connectivity index (χ4n) is 2.98. The molecule has 4 rings (SSSR count). The lowest BCUT2D eigenvalue weighted by atomic mass is 10.0. The van der Waals surface area contributed by atoms with Crippen molar-refractivity contribution < 1.29 is 14.3 Å². The van der Waals surface area contributed by atoms with E-state index < -0.39 is 5.97 Å². The Kier molecular flexibility index (Phi) is 6.20. The molecule has 30 heavy (non-hydrogen) atoms. The van der Waals surface area contributed by atoms with Crippen molar-refractivity contribution in [3.8, 4) is 16.3 Å². The molecule has 0 fully saturated rings. The summed E-state index contributed by atoms with van der Waals surface area (Å²) in [5.41, 5.74) is 3.86. The molecule has 152 valence electrons. The summed E-state index contributed by atoms with van der Waals surface area (Å²) < 4.78 is 12.8. The number of thiazole rings is 1. The molecular weight excluding hydrogens is 398 g/mol. The van der Waals surface area contributed by atoms with Crippen LogP contribution in [-0.2, 0) is 29.6 Å². The van der Waals surface area contributed by atoms with Gasteiger partial charge in [0.05, 0.1) is 11.9 Å². The highest BCUT2D eigenvalue weighted by Crippen LogP contribution is 2.24. The number of esters is 1. The zero-order valence-electron chi connectivity index (χ0n) is 16.5. The molecule has 0 unspecified atom stereocenters. The number of para-hydroxylation sites is 1. The first-order chi connectivity index (χ1) is 14.7. The van der Waals surface area contributed by atoms with E-state index >= 15 is 0 Å². The molecule has 0 radical (unpaired) electrons. The van der Waals surface area contributed by atoms with Gasteiger partial charge in [0.2, 0.25) is 0 Å². The van der Waals surface area contributed by atoms with E-state index in [4.69, 9.17) is 9.47 Å². The summed E-state index contributed by atoms with van der Waals surface area (Å²) in [7, 11) is 1.86.